The summed E-state index contributed by atoms with van der Waals surface area (Å²) in [6.07, 6.45) is 0.612. The van der Waals surface area contributed by atoms with Gasteiger partial charge in [0.1, 0.15) is 5.78 Å². The lowest BCUT2D eigenvalue weighted by atomic mass is 10.2. The molecule has 76 valence electrons. The van der Waals surface area contributed by atoms with Crippen LogP contribution in [0, 0.1) is 0 Å². The van der Waals surface area contributed by atoms with Crippen LogP contribution in [0.5, 0.6) is 0 Å². The van der Waals surface area contributed by atoms with Crippen molar-refractivity contribution in [1.29, 1.82) is 0 Å². The van der Waals surface area contributed by atoms with Gasteiger partial charge in [0.2, 0.25) is 5.91 Å². The summed E-state index contributed by atoms with van der Waals surface area (Å²) in [6.45, 7) is 3.87. The molecule has 0 rings (SSSR count). The minimum absolute atomic E-state index is 0.0208. The number of carbonyl (C=O) groups excluding carboxylic acids is 2. The zero-order chi connectivity index (χ0) is 10.4. The van der Waals surface area contributed by atoms with Crippen molar-refractivity contribution in [2.75, 3.05) is 13.6 Å². The van der Waals surface area contributed by atoms with Gasteiger partial charge in [0, 0.05) is 32.5 Å². The molecule has 1 atom stereocenters. The number of likely N-dealkylation sites (N-methyl/N-ethyl adjacent to an activating group) is 1. The third-order valence-electron chi connectivity index (χ3n) is 1.68. The number of nitrogens with two attached hydrogens (primary N) is 1. The van der Waals surface area contributed by atoms with Crippen LogP contribution < -0.4 is 5.73 Å². The normalized spacial score (nSPS) is 12.3. The van der Waals surface area contributed by atoms with Crippen molar-refractivity contribution in [3.63, 3.8) is 0 Å². The van der Waals surface area contributed by atoms with Crippen molar-refractivity contribution in [1.82, 2.24) is 4.90 Å². The van der Waals surface area contributed by atoms with E-state index in [-0.39, 0.29) is 17.7 Å². The third-order valence-corrected chi connectivity index (χ3v) is 1.68. The van der Waals surface area contributed by atoms with E-state index in [2.05, 4.69) is 0 Å². The van der Waals surface area contributed by atoms with Gasteiger partial charge in [-0.3, -0.25) is 4.79 Å². The zero-order valence-corrected chi connectivity index (χ0v) is 8.54. The zero-order valence-electron chi connectivity index (χ0n) is 8.54. The maximum atomic E-state index is 11.3. The van der Waals surface area contributed by atoms with Crippen LogP contribution in [0.2, 0.25) is 0 Å². The predicted octanol–water partition coefficient (Wildman–Crippen LogP) is 0.161. The monoisotopic (exact) mass is 186 g/mol. The van der Waals surface area contributed by atoms with Gasteiger partial charge in [0.05, 0.1) is 0 Å². The maximum absolute atomic E-state index is 11.3. The van der Waals surface area contributed by atoms with Crippen molar-refractivity contribution in [3.8, 4) is 0 Å². The molecule has 0 aliphatic rings. The molecule has 4 nitrogen and oxygen atoms in total. The smallest absolute Gasteiger partial charge is 0.222 e. The van der Waals surface area contributed by atoms with Crippen LogP contribution in [0.25, 0.3) is 0 Å². The number of Topliss-reactive ketones (excluding diaryl/α,β-unsaturated/α-hetero) is 1. The number of amides is 1. The molecular weight excluding hydrogens is 168 g/mol. The molecule has 0 saturated heterocycles. The first-order chi connectivity index (χ1) is 5.93. The molecule has 0 aliphatic heterocycles. The van der Waals surface area contributed by atoms with Gasteiger partial charge in [-0.15, -0.1) is 0 Å². The first-order valence-corrected chi connectivity index (χ1v) is 4.42. The molecule has 2 N–H and O–H groups in total. The Balaban J connectivity index is 3.76. The average molecular weight is 186 g/mol. The van der Waals surface area contributed by atoms with Crippen LogP contribution in [0.4, 0.5) is 0 Å². The summed E-state index contributed by atoms with van der Waals surface area (Å²) in [5.74, 6) is 0.0232. The standard InChI is InChI=1S/C9H18N2O2/c1-7(10)6-11(3)9(13)5-4-8(2)12/h7H,4-6,10H2,1-3H3. The van der Waals surface area contributed by atoms with Crippen LogP contribution in [-0.4, -0.2) is 36.2 Å². The molecule has 1 amide bonds. The summed E-state index contributed by atoms with van der Waals surface area (Å²) in [5.41, 5.74) is 5.53. The Morgan fingerprint density at radius 1 is 1.38 bits per heavy atom. The molecule has 1 unspecified atom stereocenters. The first-order valence-electron chi connectivity index (χ1n) is 4.42. The van der Waals surface area contributed by atoms with E-state index in [0.717, 1.165) is 0 Å². The molecule has 0 aromatic rings. The maximum Gasteiger partial charge on any atom is 0.222 e. The summed E-state index contributed by atoms with van der Waals surface area (Å²) in [6, 6.07) is -0.0220. The van der Waals surface area contributed by atoms with Gasteiger partial charge in [-0.2, -0.15) is 0 Å². The predicted molar refractivity (Wildman–Crippen MR) is 51.2 cm³/mol. The van der Waals surface area contributed by atoms with E-state index in [9.17, 15) is 9.59 Å². The Morgan fingerprint density at radius 2 is 1.92 bits per heavy atom. The lowest BCUT2D eigenvalue weighted by Gasteiger charge is -2.18. The molecule has 0 aromatic heterocycles. The Hall–Kier alpha value is -0.900. The quantitative estimate of drug-likeness (QED) is 0.665. The van der Waals surface area contributed by atoms with E-state index >= 15 is 0 Å². The van der Waals surface area contributed by atoms with E-state index in [1.165, 1.54) is 6.92 Å². The van der Waals surface area contributed by atoms with E-state index in [0.29, 0.717) is 19.4 Å². The molecule has 0 spiro atoms. The number of hydrogen-bond donors (Lipinski definition) is 1. The third kappa shape index (κ3) is 6.28. The van der Waals surface area contributed by atoms with Crippen molar-refractivity contribution < 1.29 is 9.59 Å². The molecule has 0 aliphatic carbocycles. The van der Waals surface area contributed by atoms with Crippen molar-refractivity contribution in [2.45, 2.75) is 32.7 Å². The van der Waals surface area contributed by atoms with Crippen molar-refractivity contribution in [3.05, 3.63) is 0 Å². The molecule has 0 aromatic carbocycles. The highest BCUT2D eigenvalue weighted by molar-refractivity contribution is 5.83. The van der Waals surface area contributed by atoms with Gasteiger partial charge < -0.3 is 15.4 Å². The Labute approximate surface area is 79.1 Å². The summed E-state index contributed by atoms with van der Waals surface area (Å²) in [5, 5.41) is 0. The SMILES string of the molecule is CC(=O)CCC(=O)N(C)CC(C)N. The molecule has 0 heterocycles. The molecular formula is C9H18N2O2. The number of hydrogen-bond acceptors (Lipinski definition) is 3. The lowest BCUT2D eigenvalue weighted by molar-refractivity contribution is -0.131. The molecule has 0 bridgehead atoms. The van der Waals surface area contributed by atoms with Gasteiger partial charge in [-0.1, -0.05) is 0 Å². The van der Waals surface area contributed by atoms with Crippen LogP contribution in [0.15, 0.2) is 0 Å². The summed E-state index contributed by atoms with van der Waals surface area (Å²) in [4.78, 5) is 23.5. The minimum Gasteiger partial charge on any atom is -0.344 e. The fourth-order valence-electron chi connectivity index (χ4n) is 1.01. The van der Waals surface area contributed by atoms with Gasteiger partial charge >= 0.3 is 0 Å². The second kappa shape index (κ2) is 5.70. The minimum atomic E-state index is -0.0220. The second-order valence-electron chi connectivity index (χ2n) is 3.45. The second-order valence-corrected chi connectivity index (χ2v) is 3.45. The average Bonchev–Trinajstić information content (AvgIpc) is 1.98. The molecule has 13 heavy (non-hydrogen) atoms. The van der Waals surface area contributed by atoms with E-state index < -0.39 is 0 Å². The summed E-state index contributed by atoms with van der Waals surface area (Å²) >= 11 is 0. The molecule has 4 heteroatoms. The van der Waals surface area contributed by atoms with E-state index in [4.69, 9.17) is 5.73 Å². The fourth-order valence-corrected chi connectivity index (χ4v) is 1.01. The molecule has 0 fully saturated rings. The summed E-state index contributed by atoms with van der Waals surface area (Å²) < 4.78 is 0. The highest BCUT2D eigenvalue weighted by atomic mass is 16.2. The Kier molecular flexibility index (Phi) is 5.30. The van der Waals surface area contributed by atoms with Crippen LogP contribution >= 0.6 is 0 Å². The van der Waals surface area contributed by atoms with Crippen LogP contribution in [0.1, 0.15) is 26.7 Å². The number of nitrogens with zero attached hydrogens (tertiary/aromatic N) is 1. The fraction of sp³-hybridized carbons (Fsp3) is 0.778. The summed E-state index contributed by atoms with van der Waals surface area (Å²) in [7, 11) is 1.70. The van der Waals surface area contributed by atoms with Crippen molar-refractivity contribution in [2.24, 2.45) is 5.73 Å². The number of rotatable bonds is 5. The van der Waals surface area contributed by atoms with Crippen LogP contribution in [0.3, 0.4) is 0 Å². The molecule has 0 radical (unpaired) electrons. The van der Waals surface area contributed by atoms with Crippen molar-refractivity contribution >= 4 is 11.7 Å². The largest absolute Gasteiger partial charge is 0.344 e. The Morgan fingerprint density at radius 3 is 2.31 bits per heavy atom. The van der Waals surface area contributed by atoms with Gasteiger partial charge in [-0.25, -0.2) is 0 Å². The van der Waals surface area contributed by atoms with Crippen LogP contribution in [-0.2, 0) is 9.59 Å². The van der Waals surface area contributed by atoms with E-state index in [1.807, 2.05) is 6.92 Å². The topological polar surface area (TPSA) is 63.4 Å². The molecule has 0 saturated carbocycles. The Bertz CT molecular complexity index is 190. The van der Waals surface area contributed by atoms with E-state index in [1.54, 1.807) is 11.9 Å². The first kappa shape index (κ1) is 12.1. The number of ketones is 1. The highest BCUT2D eigenvalue weighted by Crippen LogP contribution is 1.97. The highest BCUT2D eigenvalue weighted by Gasteiger charge is 2.10. The lowest BCUT2D eigenvalue weighted by Crippen LogP contribution is -2.36. The van der Waals surface area contributed by atoms with Gasteiger partial charge in [-0.05, 0) is 13.8 Å². The number of carbonyl (C=O) groups is 2. The van der Waals surface area contributed by atoms with Gasteiger partial charge in [0.15, 0.2) is 0 Å². The van der Waals surface area contributed by atoms with Gasteiger partial charge in [0.25, 0.3) is 0 Å².